The molecule has 6 nitrogen and oxygen atoms in total. The highest BCUT2D eigenvalue weighted by molar-refractivity contribution is 7.92. The van der Waals surface area contributed by atoms with Crippen LogP contribution in [0.5, 0.6) is 0 Å². The standard InChI is InChI=1S/C12H14N4O2S/c1-19(17,18)16-12-5-4-11(9-15-12)14-8-10-3-2-6-13-7-10/h2-7,9,14H,8H2,1H3,(H,15,16). The van der Waals surface area contributed by atoms with Crippen LogP contribution < -0.4 is 10.0 Å². The third kappa shape index (κ3) is 4.55. The van der Waals surface area contributed by atoms with Gasteiger partial charge >= 0.3 is 0 Å². The quantitative estimate of drug-likeness (QED) is 0.865. The molecule has 2 aromatic heterocycles. The Bertz CT molecular complexity index is 627. The predicted octanol–water partition coefficient (Wildman–Crippen LogP) is 1.46. The number of aromatic nitrogens is 2. The molecule has 0 aliphatic rings. The van der Waals surface area contributed by atoms with Crippen molar-refractivity contribution < 1.29 is 8.42 Å². The fourth-order valence-electron chi connectivity index (χ4n) is 1.46. The Morgan fingerprint density at radius 2 is 2.05 bits per heavy atom. The van der Waals surface area contributed by atoms with Crippen molar-refractivity contribution in [3.63, 3.8) is 0 Å². The molecule has 19 heavy (non-hydrogen) atoms. The monoisotopic (exact) mass is 278 g/mol. The van der Waals surface area contributed by atoms with Crippen LogP contribution in [-0.4, -0.2) is 24.6 Å². The van der Waals surface area contributed by atoms with E-state index in [2.05, 4.69) is 20.0 Å². The Morgan fingerprint density at radius 1 is 1.21 bits per heavy atom. The highest BCUT2D eigenvalue weighted by Gasteiger charge is 2.02. The molecule has 0 aromatic carbocycles. The second kappa shape index (κ2) is 5.66. The number of hydrogen-bond donors (Lipinski definition) is 2. The van der Waals surface area contributed by atoms with Gasteiger partial charge in [-0.1, -0.05) is 6.07 Å². The Balaban J connectivity index is 1.96. The van der Waals surface area contributed by atoms with E-state index >= 15 is 0 Å². The minimum absolute atomic E-state index is 0.300. The maximum absolute atomic E-state index is 11.0. The molecule has 0 fully saturated rings. The zero-order chi connectivity index (χ0) is 13.7. The summed E-state index contributed by atoms with van der Waals surface area (Å²) in [5, 5.41) is 3.17. The zero-order valence-electron chi connectivity index (χ0n) is 10.4. The molecule has 2 N–H and O–H groups in total. The summed E-state index contributed by atoms with van der Waals surface area (Å²) in [7, 11) is -3.29. The summed E-state index contributed by atoms with van der Waals surface area (Å²) in [6.07, 6.45) is 6.16. The topological polar surface area (TPSA) is 84.0 Å². The fraction of sp³-hybridized carbons (Fsp3) is 0.167. The Morgan fingerprint density at radius 3 is 2.63 bits per heavy atom. The van der Waals surface area contributed by atoms with Crippen LogP contribution in [0.2, 0.25) is 0 Å². The van der Waals surface area contributed by atoms with Crippen LogP contribution in [-0.2, 0) is 16.6 Å². The van der Waals surface area contributed by atoms with Crippen LogP contribution >= 0.6 is 0 Å². The molecule has 2 heterocycles. The van der Waals surface area contributed by atoms with Crippen molar-refractivity contribution >= 4 is 21.5 Å². The van der Waals surface area contributed by atoms with Gasteiger partial charge in [0.1, 0.15) is 5.82 Å². The summed E-state index contributed by atoms with van der Waals surface area (Å²) in [6, 6.07) is 7.20. The molecule has 100 valence electrons. The van der Waals surface area contributed by atoms with Crippen LogP contribution in [0.25, 0.3) is 0 Å². The first-order chi connectivity index (χ1) is 9.03. The SMILES string of the molecule is CS(=O)(=O)Nc1ccc(NCc2cccnc2)cn1. The highest BCUT2D eigenvalue weighted by Crippen LogP contribution is 2.11. The second-order valence-electron chi connectivity index (χ2n) is 4.02. The molecule has 0 unspecified atom stereocenters. The van der Waals surface area contributed by atoms with Crippen molar-refractivity contribution in [3.8, 4) is 0 Å². The third-order valence-corrected chi connectivity index (χ3v) is 2.85. The molecular weight excluding hydrogens is 264 g/mol. The van der Waals surface area contributed by atoms with E-state index in [1.165, 1.54) is 0 Å². The molecule has 0 amide bonds. The van der Waals surface area contributed by atoms with Gasteiger partial charge in [0.2, 0.25) is 10.0 Å². The summed E-state index contributed by atoms with van der Waals surface area (Å²) in [6.45, 7) is 0.633. The van der Waals surface area contributed by atoms with Gasteiger partial charge in [-0.25, -0.2) is 13.4 Å². The van der Waals surface area contributed by atoms with Gasteiger partial charge in [0, 0.05) is 18.9 Å². The van der Waals surface area contributed by atoms with E-state index in [9.17, 15) is 8.42 Å². The van der Waals surface area contributed by atoms with Crippen LogP contribution in [0.4, 0.5) is 11.5 Å². The van der Waals surface area contributed by atoms with Crippen LogP contribution in [0.15, 0.2) is 42.9 Å². The number of rotatable bonds is 5. The molecular formula is C12H14N4O2S. The molecule has 7 heteroatoms. The zero-order valence-corrected chi connectivity index (χ0v) is 11.2. The van der Waals surface area contributed by atoms with Gasteiger partial charge in [-0.05, 0) is 23.8 Å². The molecule has 0 spiro atoms. The summed E-state index contributed by atoms with van der Waals surface area (Å²) in [5.74, 6) is 0.300. The predicted molar refractivity (Wildman–Crippen MR) is 74.3 cm³/mol. The van der Waals surface area contributed by atoms with Crippen LogP contribution in [0.1, 0.15) is 5.56 Å². The van der Waals surface area contributed by atoms with Gasteiger partial charge in [-0.3, -0.25) is 9.71 Å². The number of pyridine rings is 2. The van der Waals surface area contributed by atoms with E-state index in [0.29, 0.717) is 12.4 Å². The van der Waals surface area contributed by atoms with Crippen molar-refractivity contribution in [1.82, 2.24) is 9.97 Å². The molecule has 0 atom stereocenters. The van der Waals surface area contributed by atoms with Gasteiger partial charge in [0.05, 0.1) is 18.1 Å². The van der Waals surface area contributed by atoms with E-state index in [1.54, 1.807) is 30.7 Å². The van der Waals surface area contributed by atoms with E-state index < -0.39 is 10.0 Å². The third-order valence-electron chi connectivity index (χ3n) is 2.27. The first-order valence-electron chi connectivity index (χ1n) is 5.59. The van der Waals surface area contributed by atoms with E-state index in [-0.39, 0.29) is 0 Å². The number of nitrogens with zero attached hydrogens (tertiary/aromatic N) is 2. The van der Waals surface area contributed by atoms with Gasteiger partial charge in [0.25, 0.3) is 0 Å². The fourth-order valence-corrected chi connectivity index (χ4v) is 1.96. The van der Waals surface area contributed by atoms with Gasteiger partial charge in [0.15, 0.2) is 0 Å². The molecule has 2 rings (SSSR count). The van der Waals surface area contributed by atoms with Crippen molar-refractivity contribution in [1.29, 1.82) is 0 Å². The lowest BCUT2D eigenvalue weighted by Gasteiger charge is -2.07. The lowest BCUT2D eigenvalue weighted by Crippen LogP contribution is -2.10. The molecule has 0 saturated carbocycles. The minimum Gasteiger partial charge on any atom is -0.380 e. The number of sulfonamides is 1. The van der Waals surface area contributed by atoms with Crippen molar-refractivity contribution in [2.24, 2.45) is 0 Å². The average Bonchev–Trinajstić information content (AvgIpc) is 2.37. The number of anilines is 2. The molecule has 0 aliphatic carbocycles. The second-order valence-corrected chi connectivity index (χ2v) is 5.77. The molecule has 0 bridgehead atoms. The Labute approximate surface area is 112 Å². The van der Waals surface area contributed by atoms with Crippen molar-refractivity contribution in [3.05, 3.63) is 48.4 Å². The van der Waals surface area contributed by atoms with E-state index in [4.69, 9.17) is 0 Å². The highest BCUT2D eigenvalue weighted by atomic mass is 32.2. The summed E-state index contributed by atoms with van der Waals surface area (Å²) >= 11 is 0. The molecule has 2 aromatic rings. The van der Waals surface area contributed by atoms with Crippen LogP contribution in [0, 0.1) is 0 Å². The van der Waals surface area contributed by atoms with Gasteiger partial charge < -0.3 is 5.32 Å². The summed E-state index contributed by atoms with van der Waals surface area (Å²) < 4.78 is 24.4. The first kappa shape index (κ1) is 13.3. The number of nitrogens with one attached hydrogen (secondary N) is 2. The van der Waals surface area contributed by atoms with E-state index in [1.807, 2.05) is 12.1 Å². The Kier molecular flexibility index (Phi) is 3.96. The number of hydrogen-bond acceptors (Lipinski definition) is 5. The molecule has 0 aliphatic heterocycles. The van der Waals surface area contributed by atoms with Crippen molar-refractivity contribution in [2.75, 3.05) is 16.3 Å². The minimum atomic E-state index is -3.29. The lowest BCUT2D eigenvalue weighted by atomic mass is 10.3. The average molecular weight is 278 g/mol. The maximum Gasteiger partial charge on any atom is 0.230 e. The Hall–Kier alpha value is -2.15. The summed E-state index contributed by atoms with van der Waals surface area (Å²) in [5.41, 5.74) is 1.86. The normalized spacial score (nSPS) is 11.0. The largest absolute Gasteiger partial charge is 0.380 e. The molecule has 0 saturated heterocycles. The first-order valence-corrected chi connectivity index (χ1v) is 7.49. The maximum atomic E-state index is 11.0. The van der Waals surface area contributed by atoms with E-state index in [0.717, 1.165) is 17.5 Å². The summed E-state index contributed by atoms with van der Waals surface area (Å²) in [4.78, 5) is 8.03. The smallest absolute Gasteiger partial charge is 0.230 e. The van der Waals surface area contributed by atoms with Gasteiger partial charge in [-0.2, -0.15) is 0 Å². The lowest BCUT2D eigenvalue weighted by molar-refractivity contribution is 0.606. The molecule has 0 radical (unpaired) electrons. The van der Waals surface area contributed by atoms with Gasteiger partial charge in [-0.15, -0.1) is 0 Å². The van der Waals surface area contributed by atoms with Crippen LogP contribution in [0.3, 0.4) is 0 Å². The van der Waals surface area contributed by atoms with Crippen molar-refractivity contribution in [2.45, 2.75) is 6.54 Å².